The van der Waals surface area contributed by atoms with Gasteiger partial charge in [-0.2, -0.15) is 17.4 Å². The quantitative estimate of drug-likeness (QED) is 0.885. The Morgan fingerprint density at radius 2 is 2.21 bits per heavy atom. The van der Waals surface area contributed by atoms with E-state index in [0.29, 0.717) is 6.42 Å². The standard InChI is InChI=1S/C16H25N3O3S2/c1-3-12-7-4-5-9-19(12)16(20)14-11-13(15-8-6-10-23-15)17-24(21,22)18(14)2/h6,8,10,12-14,17H,3-5,7,9,11H2,1-2H3. The number of piperidine rings is 1. The third kappa shape index (κ3) is 3.37. The molecule has 0 saturated carbocycles. The van der Waals surface area contributed by atoms with Gasteiger partial charge >= 0.3 is 0 Å². The minimum absolute atomic E-state index is 0.0457. The van der Waals surface area contributed by atoms with Crippen molar-refractivity contribution >= 4 is 27.5 Å². The fourth-order valence-electron chi connectivity index (χ4n) is 3.68. The van der Waals surface area contributed by atoms with Gasteiger partial charge < -0.3 is 4.90 Å². The second kappa shape index (κ2) is 7.11. The molecule has 0 aliphatic carbocycles. The van der Waals surface area contributed by atoms with Crippen LogP contribution in [0.1, 0.15) is 49.9 Å². The second-order valence-electron chi connectivity index (χ2n) is 6.55. The number of carbonyl (C=O) groups is 1. The summed E-state index contributed by atoms with van der Waals surface area (Å²) in [5, 5.41) is 1.93. The highest BCUT2D eigenvalue weighted by Crippen LogP contribution is 2.32. The molecule has 2 fully saturated rings. The number of likely N-dealkylation sites (tertiary alicyclic amines) is 1. The molecule has 134 valence electrons. The molecule has 24 heavy (non-hydrogen) atoms. The van der Waals surface area contributed by atoms with Gasteiger partial charge in [-0.15, -0.1) is 11.3 Å². The summed E-state index contributed by atoms with van der Waals surface area (Å²) >= 11 is 1.52. The summed E-state index contributed by atoms with van der Waals surface area (Å²) < 4.78 is 28.9. The van der Waals surface area contributed by atoms with E-state index in [-0.39, 0.29) is 18.0 Å². The van der Waals surface area contributed by atoms with Gasteiger partial charge in [0.2, 0.25) is 5.91 Å². The average molecular weight is 372 g/mol. The highest BCUT2D eigenvalue weighted by atomic mass is 32.2. The number of amides is 1. The first-order valence-electron chi connectivity index (χ1n) is 8.53. The normalized spacial score (nSPS) is 31.1. The second-order valence-corrected chi connectivity index (χ2v) is 9.29. The predicted molar refractivity (Wildman–Crippen MR) is 94.9 cm³/mol. The van der Waals surface area contributed by atoms with Gasteiger partial charge in [0.15, 0.2) is 0 Å². The molecule has 0 aromatic carbocycles. The first-order valence-corrected chi connectivity index (χ1v) is 10.8. The van der Waals surface area contributed by atoms with E-state index in [1.807, 2.05) is 22.4 Å². The van der Waals surface area contributed by atoms with Crippen molar-refractivity contribution in [3.05, 3.63) is 22.4 Å². The van der Waals surface area contributed by atoms with Crippen molar-refractivity contribution in [1.82, 2.24) is 13.9 Å². The highest BCUT2D eigenvalue weighted by Gasteiger charge is 2.43. The molecule has 2 saturated heterocycles. The van der Waals surface area contributed by atoms with Crippen molar-refractivity contribution in [3.63, 3.8) is 0 Å². The van der Waals surface area contributed by atoms with Crippen molar-refractivity contribution in [1.29, 1.82) is 0 Å². The molecule has 2 aliphatic rings. The lowest BCUT2D eigenvalue weighted by molar-refractivity contribution is -0.139. The Labute approximate surface area is 148 Å². The van der Waals surface area contributed by atoms with E-state index in [1.165, 1.54) is 22.7 Å². The zero-order chi connectivity index (χ0) is 17.3. The van der Waals surface area contributed by atoms with Crippen LogP contribution in [0.5, 0.6) is 0 Å². The minimum Gasteiger partial charge on any atom is -0.338 e. The maximum Gasteiger partial charge on any atom is 0.280 e. The molecule has 2 aliphatic heterocycles. The van der Waals surface area contributed by atoms with Gasteiger partial charge in [0.1, 0.15) is 6.04 Å². The van der Waals surface area contributed by atoms with Gasteiger partial charge in [-0.25, -0.2) is 0 Å². The molecule has 1 aromatic rings. The molecule has 0 radical (unpaired) electrons. The molecule has 3 unspecified atom stereocenters. The number of hydrogen-bond acceptors (Lipinski definition) is 4. The van der Waals surface area contributed by atoms with Crippen molar-refractivity contribution < 1.29 is 13.2 Å². The molecule has 6 nitrogen and oxygen atoms in total. The molecule has 8 heteroatoms. The van der Waals surface area contributed by atoms with Crippen LogP contribution in [0.4, 0.5) is 0 Å². The van der Waals surface area contributed by atoms with Gasteiger partial charge in [0.25, 0.3) is 10.2 Å². The number of nitrogens with one attached hydrogen (secondary N) is 1. The molecule has 0 spiro atoms. The van der Waals surface area contributed by atoms with Crippen LogP contribution >= 0.6 is 11.3 Å². The van der Waals surface area contributed by atoms with Gasteiger partial charge in [0, 0.05) is 24.5 Å². The van der Waals surface area contributed by atoms with Crippen LogP contribution in [0.2, 0.25) is 0 Å². The van der Waals surface area contributed by atoms with Crippen LogP contribution in [0.3, 0.4) is 0 Å². The number of carbonyl (C=O) groups excluding carboxylic acids is 1. The summed E-state index contributed by atoms with van der Waals surface area (Å²) in [4.78, 5) is 16.0. The Morgan fingerprint density at radius 3 is 2.88 bits per heavy atom. The van der Waals surface area contributed by atoms with E-state index in [2.05, 4.69) is 11.6 Å². The highest BCUT2D eigenvalue weighted by molar-refractivity contribution is 7.87. The molecular weight excluding hydrogens is 346 g/mol. The lowest BCUT2D eigenvalue weighted by Gasteiger charge is -2.42. The molecule has 3 atom stereocenters. The van der Waals surface area contributed by atoms with Crippen LogP contribution in [-0.4, -0.2) is 49.2 Å². The van der Waals surface area contributed by atoms with E-state index >= 15 is 0 Å². The molecule has 3 heterocycles. The van der Waals surface area contributed by atoms with E-state index < -0.39 is 16.3 Å². The maximum absolute atomic E-state index is 13.1. The van der Waals surface area contributed by atoms with Gasteiger partial charge in [-0.1, -0.05) is 13.0 Å². The molecule has 1 N–H and O–H groups in total. The predicted octanol–water partition coefficient (Wildman–Crippen LogP) is 2.12. The third-order valence-electron chi connectivity index (χ3n) is 5.12. The smallest absolute Gasteiger partial charge is 0.280 e. The number of hydrogen-bond donors (Lipinski definition) is 1. The number of likely N-dealkylation sites (N-methyl/N-ethyl adjacent to an activating group) is 1. The SMILES string of the molecule is CCC1CCCCN1C(=O)C1CC(c2cccs2)NS(=O)(=O)N1C. The summed E-state index contributed by atoms with van der Waals surface area (Å²) in [7, 11) is -2.15. The van der Waals surface area contributed by atoms with Crippen LogP contribution in [0.15, 0.2) is 17.5 Å². The minimum atomic E-state index is -3.65. The first kappa shape index (κ1) is 17.8. The van der Waals surface area contributed by atoms with Crippen LogP contribution in [0, 0.1) is 0 Å². The zero-order valence-corrected chi connectivity index (χ0v) is 15.8. The monoisotopic (exact) mass is 371 g/mol. The van der Waals surface area contributed by atoms with E-state index in [4.69, 9.17) is 0 Å². The van der Waals surface area contributed by atoms with Crippen molar-refractivity contribution in [3.8, 4) is 0 Å². The maximum atomic E-state index is 13.1. The van der Waals surface area contributed by atoms with Crippen molar-refractivity contribution in [2.75, 3.05) is 13.6 Å². The average Bonchev–Trinajstić information content (AvgIpc) is 3.11. The summed E-state index contributed by atoms with van der Waals surface area (Å²) in [5.74, 6) is -0.0457. The van der Waals surface area contributed by atoms with Crippen molar-refractivity contribution in [2.24, 2.45) is 0 Å². The Kier molecular flexibility index (Phi) is 5.29. The fraction of sp³-hybridized carbons (Fsp3) is 0.688. The zero-order valence-electron chi connectivity index (χ0n) is 14.1. The number of nitrogens with zero attached hydrogens (tertiary/aromatic N) is 2. The molecule has 1 amide bonds. The Balaban J connectivity index is 1.85. The van der Waals surface area contributed by atoms with Crippen LogP contribution in [0.25, 0.3) is 0 Å². The largest absolute Gasteiger partial charge is 0.338 e. The third-order valence-corrected chi connectivity index (χ3v) is 7.70. The Hall–Kier alpha value is -0.960. The molecule has 0 bridgehead atoms. The first-order chi connectivity index (χ1) is 11.4. The number of rotatable bonds is 3. The van der Waals surface area contributed by atoms with Crippen LogP contribution in [-0.2, 0) is 15.0 Å². The molecule has 1 aromatic heterocycles. The van der Waals surface area contributed by atoms with E-state index in [1.54, 1.807) is 0 Å². The fourth-order valence-corrected chi connectivity index (χ4v) is 5.80. The van der Waals surface area contributed by atoms with Gasteiger partial charge in [0.05, 0.1) is 6.04 Å². The lowest BCUT2D eigenvalue weighted by Crippen LogP contribution is -2.59. The summed E-state index contributed by atoms with van der Waals surface area (Å²) in [6.07, 6.45) is 4.54. The lowest BCUT2D eigenvalue weighted by atomic mass is 9.97. The summed E-state index contributed by atoms with van der Waals surface area (Å²) in [5.41, 5.74) is 0. The Morgan fingerprint density at radius 1 is 1.42 bits per heavy atom. The van der Waals surface area contributed by atoms with E-state index in [9.17, 15) is 13.2 Å². The van der Waals surface area contributed by atoms with Crippen LogP contribution < -0.4 is 4.72 Å². The topological polar surface area (TPSA) is 69.7 Å². The number of thiophene rings is 1. The van der Waals surface area contributed by atoms with Gasteiger partial charge in [-0.05, 0) is 43.6 Å². The van der Waals surface area contributed by atoms with Crippen molar-refractivity contribution in [2.45, 2.75) is 57.2 Å². The molecular formula is C16H25N3O3S2. The Bertz CT molecular complexity index is 675. The van der Waals surface area contributed by atoms with Gasteiger partial charge in [-0.3, -0.25) is 4.79 Å². The van der Waals surface area contributed by atoms with E-state index in [0.717, 1.165) is 37.1 Å². The summed E-state index contributed by atoms with van der Waals surface area (Å²) in [6, 6.07) is 3.10. The summed E-state index contributed by atoms with van der Waals surface area (Å²) in [6.45, 7) is 2.83. The molecule has 3 rings (SSSR count).